The standard InChI is InChI=1S/C10H15NO3/c1-2-6(12)3-4-11-9(13)7-5-8(7)10(11)14/h6-8,12H,2-5H2,1H3. The molecule has 78 valence electrons. The summed E-state index contributed by atoms with van der Waals surface area (Å²) in [6, 6.07) is 0. The lowest BCUT2D eigenvalue weighted by molar-refractivity contribution is -0.141. The van der Waals surface area contributed by atoms with Crippen LogP contribution in [-0.4, -0.2) is 34.5 Å². The van der Waals surface area contributed by atoms with E-state index in [4.69, 9.17) is 0 Å². The number of nitrogens with zero attached hydrogens (tertiary/aromatic N) is 1. The summed E-state index contributed by atoms with van der Waals surface area (Å²) in [5.74, 6) is -0.0749. The second-order valence-corrected chi connectivity index (χ2v) is 4.13. The van der Waals surface area contributed by atoms with E-state index in [1.807, 2.05) is 6.92 Å². The van der Waals surface area contributed by atoms with Gasteiger partial charge in [0.05, 0.1) is 17.9 Å². The molecule has 0 radical (unpaired) electrons. The molecule has 1 saturated carbocycles. The Bertz CT molecular complexity index is 257. The van der Waals surface area contributed by atoms with Crippen molar-refractivity contribution in [2.24, 2.45) is 11.8 Å². The quantitative estimate of drug-likeness (QED) is 0.653. The van der Waals surface area contributed by atoms with Crippen LogP contribution < -0.4 is 0 Å². The molecule has 1 heterocycles. The highest BCUT2D eigenvalue weighted by atomic mass is 16.3. The molecule has 3 unspecified atom stereocenters. The molecule has 3 atom stereocenters. The zero-order valence-electron chi connectivity index (χ0n) is 8.27. The minimum Gasteiger partial charge on any atom is -0.393 e. The van der Waals surface area contributed by atoms with Crippen LogP contribution in [0.3, 0.4) is 0 Å². The van der Waals surface area contributed by atoms with E-state index >= 15 is 0 Å². The topological polar surface area (TPSA) is 57.6 Å². The van der Waals surface area contributed by atoms with Crippen molar-refractivity contribution in [3.63, 3.8) is 0 Å². The van der Waals surface area contributed by atoms with Gasteiger partial charge in [0.25, 0.3) is 0 Å². The van der Waals surface area contributed by atoms with Crippen molar-refractivity contribution in [1.82, 2.24) is 4.90 Å². The number of amides is 2. The minimum absolute atomic E-state index is 0.0127. The average Bonchev–Trinajstić information content (AvgIpc) is 2.92. The van der Waals surface area contributed by atoms with Crippen LogP contribution in [0.4, 0.5) is 0 Å². The zero-order chi connectivity index (χ0) is 10.3. The van der Waals surface area contributed by atoms with Gasteiger partial charge in [-0.3, -0.25) is 14.5 Å². The summed E-state index contributed by atoms with van der Waals surface area (Å²) in [5.41, 5.74) is 0. The van der Waals surface area contributed by atoms with Crippen molar-refractivity contribution < 1.29 is 14.7 Å². The number of aliphatic hydroxyl groups is 1. The number of rotatable bonds is 4. The van der Waals surface area contributed by atoms with E-state index in [9.17, 15) is 14.7 Å². The van der Waals surface area contributed by atoms with Crippen LogP contribution in [0.2, 0.25) is 0 Å². The number of likely N-dealkylation sites (tertiary alicyclic amines) is 1. The van der Waals surface area contributed by atoms with E-state index < -0.39 is 6.10 Å². The first-order valence-electron chi connectivity index (χ1n) is 5.18. The van der Waals surface area contributed by atoms with Crippen molar-refractivity contribution >= 4 is 11.8 Å². The maximum absolute atomic E-state index is 11.5. The van der Waals surface area contributed by atoms with E-state index in [2.05, 4.69) is 0 Å². The Hall–Kier alpha value is -0.900. The third-order valence-corrected chi connectivity index (χ3v) is 3.11. The van der Waals surface area contributed by atoms with Crippen LogP contribution in [0.25, 0.3) is 0 Å². The molecule has 4 heteroatoms. The summed E-state index contributed by atoms with van der Waals surface area (Å²) < 4.78 is 0. The van der Waals surface area contributed by atoms with E-state index in [0.717, 1.165) is 6.42 Å². The largest absolute Gasteiger partial charge is 0.393 e. The fourth-order valence-corrected chi connectivity index (χ4v) is 1.95. The van der Waals surface area contributed by atoms with Crippen LogP contribution in [0.5, 0.6) is 0 Å². The molecule has 4 nitrogen and oxygen atoms in total. The highest BCUT2D eigenvalue weighted by Gasteiger charge is 2.58. The van der Waals surface area contributed by atoms with Gasteiger partial charge in [0.15, 0.2) is 0 Å². The lowest BCUT2D eigenvalue weighted by Gasteiger charge is -2.17. The zero-order valence-corrected chi connectivity index (χ0v) is 8.27. The number of imide groups is 1. The third-order valence-electron chi connectivity index (χ3n) is 3.11. The molecule has 1 saturated heterocycles. The molecule has 1 aliphatic carbocycles. The normalized spacial score (nSPS) is 32.0. The molecule has 0 bridgehead atoms. The lowest BCUT2D eigenvalue weighted by Crippen LogP contribution is -2.35. The predicted molar refractivity (Wildman–Crippen MR) is 49.2 cm³/mol. The fraction of sp³-hybridized carbons (Fsp3) is 0.800. The summed E-state index contributed by atoms with van der Waals surface area (Å²) in [7, 11) is 0. The maximum Gasteiger partial charge on any atom is 0.233 e. The Morgan fingerprint density at radius 3 is 2.50 bits per heavy atom. The highest BCUT2D eigenvalue weighted by molar-refractivity contribution is 6.08. The first kappa shape index (κ1) is 9.65. The number of fused-ring (bicyclic) bond motifs is 1. The molecule has 0 aromatic heterocycles. The van der Waals surface area contributed by atoms with Gasteiger partial charge >= 0.3 is 0 Å². The minimum atomic E-state index is -0.396. The van der Waals surface area contributed by atoms with Gasteiger partial charge < -0.3 is 5.11 Å². The van der Waals surface area contributed by atoms with Gasteiger partial charge in [0, 0.05) is 6.54 Å². The Morgan fingerprint density at radius 1 is 1.43 bits per heavy atom. The van der Waals surface area contributed by atoms with Crippen LogP contribution >= 0.6 is 0 Å². The molecule has 0 aromatic carbocycles. The molecule has 1 aliphatic heterocycles. The number of hydrogen-bond acceptors (Lipinski definition) is 3. The second kappa shape index (κ2) is 3.35. The van der Waals surface area contributed by atoms with Gasteiger partial charge in [-0.1, -0.05) is 6.92 Å². The van der Waals surface area contributed by atoms with Gasteiger partial charge in [-0.25, -0.2) is 0 Å². The molecule has 2 amide bonds. The molecule has 2 fully saturated rings. The van der Waals surface area contributed by atoms with Crippen molar-refractivity contribution in [2.45, 2.75) is 32.3 Å². The highest BCUT2D eigenvalue weighted by Crippen LogP contribution is 2.46. The van der Waals surface area contributed by atoms with E-state index in [-0.39, 0.29) is 23.7 Å². The molecule has 14 heavy (non-hydrogen) atoms. The maximum atomic E-state index is 11.5. The summed E-state index contributed by atoms with van der Waals surface area (Å²) >= 11 is 0. The van der Waals surface area contributed by atoms with Crippen molar-refractivity contribution in [3.05, 3.63) is 0 Å². The van der Waals surface area contributed by atoms with Crippen LogP contribution in [-0.2, 0) is 9.59 Å². The van der Waals surface area contributed by atoms with Gasteiger partial charge in [0.2, 0.25) is 11.8 Å². The Morgan fingerprint density at radius 2 is 2.00 bits per heavy atom. The smallest absolute Gasteiger partial charge is 0.233 e. The van der Waals surface area contributed by atoms with Crippen molar-refractivity contribution in [2.75, 3.05) is 6.54 Å². The number of hydrogen-bond donors (Lipinski definition) is 1. The monoisotopic (exact) mass is 197 g/mol. The number of piperidine rings is 1. The number of carbonyl (C=O) groups excluding carboxylic acids is 2. The first-order valence-corrected chi connectivity index (χ1v) is 5.18. The summed E-state index contributed by atoms with van der Waals surface area (Å²) in [5, 5.41) is 9.32. The predicted octanol–water partition coefficient (Wildman–Crippen LogP) is 0.152. The molecule has 1 N–H and O–H groups in total. The summed E-state index contributed by atoms with van der Waals surface area (Å²) in [6.07, 6.45) is 1.54. The Balaban J connectivity index is 1.87. The van der Waals surface area contributed by atoms with Gasteiger partial charge in [-0.15, -0.1) is 0 Å². The molecular weight excluding hydrogens is 182 g/mol. The van der Waals surface area contributed by atoms with Gasteiger partial charge in [-0.2, -0.15) is 0 Å². The number of aliphatic hydroxyl groups excluding tert-OH is 1. The summed E-state index contributed by atoms with van der Waals surface area (Å²) in [6.45, 7) is 2.27. The second-order valence-electron chi connectivity index (χ2n) is 4.13. The molecule has 2 rings (SSSR count). The average molecular weight is 197 g/mol. The fourth-order valence-electron chi connectivity index (χ4n) is 1.95. The van der Waals surface area contributed by atoms with E-state index in [1.54, 1.807) is 0 Å². The third kappa shape index (κ3) is 1.43. The lowest BCUT2D eigenvalue weighted by atomic mass is 10.2. The van der Waals surface area contributed by atoms with Crippen molar-refractivity contribution in [3.8, 4) is 0 Å². The van der Waals surface area contributed by atoms with Crippen LogP contribution in [0.1, 0.15) is 26.2 Å². The van der Waals surface area contributed by atoms with E-state index in [1.165, 1.54) is 4.90 Å². The molecule has 0 spiro atoms. The van der Waals surface area contributed by atoms with Gasteiger partial charge in [-0.05, 0) is 19.3 Å². The van der Waals surface area contributed by atoms with Crippen molar-refractivity contribution in [1.29, 1.82) is 0 Å². The van der Waals surface area contributed by atoms with Gasteiger partial charge in [0.1, 0.15) is 0 Å². The SMILES string of the molecule is CCC(O)CCN1C(=O)C2CC2C1=O. The first-order chi connectivity index (χ1) is 6.65. The molecular formula is C10H15NO3. The van der Waals surface area contributed by atoms with Crippen LogP contribution in [0.15, 0.2) is 0 Å². The molecule has 0 aromatic rings. The number of carbonyl (C=O) groups is 2. The summed E-state index contributed by atoms with van der Waals surface area (Å²) in [4.78, 5) is 24.3. The Kier molecular flexibility index (Phi) is 2.31. The van der Waals surface area contributed by atoms with Crippen LogP contribution in [0, 0.1) is 11.8 Å². The molecule has 2 aliphatic rings. The Labute approximate surface area is 82.9 Å². The van der Waals surface area contributed by atoms with E-state index in [0.29, 0.717) is 19.4 Å².